The Labute approximate surface area is 219 Å². The average molecular weight is 573 g/mol. The van der Waals surface area contributed by atoms with Crippen LogP contribution in [0.3, 0.4) is 0 Å². The molecular weight excluding hydrogens is 558 g/mol. The lowest BCUT2D eigenvalue weighted by atomic mass is 10.0. The van der Waals surface area contributed by atoms with E-state index in [4.69, 9.17) is 17.3 Å². The van der Waals surface area contributed by atoms with Gasteiger partial charge in [0.1, 0.15) is 11.4 Å². The van der Waals surface area contributed by atoms with Crippen molar-refractivity contribution in [2.24, 2.45) is 5.73 Å². The molecule has 4 rings (SSSR count). The van der Waals surface area contributed by atoms with Gasteiger partial charge >= 0.3 is 12.6 Å². The molecule has 204 valence electrons. The smallest absolute Gasteiger partial charge is 0.433 e. The molecule has 1 unspecified atom stereocenters. The first-order valence-electron chi connectivity index (χ1n) is 10.7. The van der Waals surface area contributed by atoms with Gasteiger partial charge in [-0.15, -0.1) is 5.10 Å². The molecule has 0 bridgehead atoms. The van der Waals surface area contributed by atoms with Crippen molar-refractivity contribution in [3.63, 3.8) is 0 Å². The van der Waals surface area contributed by atoms with Gasteiger partial charge in [0.05, 0.1) is 21.8 Å². The Morgan fingerprint density at radius 1 is 1.15 bits per heavy atom. The van der Waals surface area contributed by atoms with E-state index in [2.05, 4.69) is 25.1 Å². The normalized spacial score (nSPS) is 12.5. The first-order valence-corrected chi connectivity index (χ1v) is 11.1. The van der Waals surface area contributed by atoms with Crippen molar-refractivity contribution < 1.29 is 40.7 Å². The number of benzene rings is 1. The monoisotopic (exact) mass is 572 g/mol. The predicted molar refractivity (Wildman–Crippen MR) is 126 cm³/mol. The van der Waals surface area contributed by atoms with E-state index in [9.17, 15) is 35.9 Å². The number of hydrogen-bond acceptors (Lipinski definition) is 6. The quantitative estimate of drug-likeness (QED) is 0.297. The number of nitrogens with two attached hydrogens (primary N) is 1. The van der Waals surface area contributed by atoms with Crippen LogP contribution in [0.2, 0.25) is 5.02 Å². The van der Waals surface area contributed by atoms with Crippen LogP contribution in [-0.2, 0) is 6.18 Å². The second-order valence-electron chi connectivity index (χ2n) is 7.90. The zero-order valence-electron chi connectivity index (χ0n) is 19.4. The third kappa shape index (κ3) is 5.57. The van der Waals surface area contributed by atoms with Crippen LogP contribution >= 0.6 is 11.6 Å². The molecule has 4 aromatic rings. The first kappa shape index (κ1) is 27.6. The number of aromatic nitrogens is 4. The molecule has 0 saturated carbocycles. The van der Waals surface area contributed by atoms with Crippen molar-refractivity contribution in [1.82, 2.24) is 19.7 Å². The number of nitrogens with zero attached hydrogens (tertiary/aromatic N) is 4. The lowest BCUT2D eigenvalue weighted by Gasteiger charge is -2.16. The van der Waals surface area contributed by atoms with E-state index in [-0.39, 0.29) is 38.6 Å². The number of fused-ring (bicyclic) bond motifs is 1. The van der Waals surface area contributed by atoms with E-state index in [1.807, 2.05) is 0 Å². The second-order valence-corrected chi connectivity index (χ2v) is 8.30. The molecule has 9 nitrogen and oxygen atoms in total. The van der Waals surface area contributed by atoms with E-state index in [1.54, 1.807) is 0 Å². The van der Waals surface area contributed by atoms with E-state index in [0.717, 1.165) is 28.9 Å². The average Bonchev–Trinajstić information content (AvgIpc) is 3.28. The molecular formula is C23H15ClF6N6O3. The minimum atomic E-state index is -4.75. The molecule has 2 amide bonds. The largest absolute Gasteiger partial charge is 0.436 e. The number of ether oxygens (including phenoxy) is 1. The summed E-state index contributed by atoms with van der Waals surface area (Å²) >= 11 is 6.13. The predicted octanol–water partition coefficient (Wildman–Crippen LogP) is 5.09. The van der Waals surface area contributed by atoms with E-state index >= 15 is 0 Å². The summed E-state index contributed by atoms with van der Waals surface area (Å²) in [5.41, 5.74) is 3.14. The molecule has 0 aliphatic carbocycles. The molecule has 0 aliphatic heterocycles. The number of alkyl halides is 6. The first-order chi connectivity index (χ1) is 18.3. The molecule has 16 heteroatoms. The van der Waals surface area contributed by atoms with Crippen LogP contribution in [-0.4, -0.2) is 44.3 Å². The van der Waals surface area contributed by atoms with Crippen LogP contribution in [0.1, 0.15) is 32.1 Å². The van der Waals surface area contributed by atoms with Gasteiger partial charge in [-0.05, 0) is 36.8 Å². The molecule has 3 aromatic heterocycles. The van der Waals surface area contributed by atoms with Crippen molar-refractivity contribution in [2.45, 2.75) is 25.9 Å². The van der Waals surface area contributed by atoms with Gasteiger partial charge in [0, 0.05) is 17.6 Å². The molecule has 0 saturated heterocycles. The molecule has 0 fully saturated rings. The Morgan fingerprint density at radius 2 is 1.87 bits per heavy atom. The summed E-state index contributed by atoms with van der Waals surface area (Å²) in [6.45, 7) is 1.40. The molecule has 3 N–H and O–H groups in total. The molecule has 0 spiro atoms. The summed E-state index contributed by atoms with van der Waals surface area (Å²) < 4.78 is 83.6. The Hall–Kier alpha value is -4.40. The van der Waals surface area contributed by atoms with Crippen molar-refractivity contribution in [3.05, 3.63) is 70.1 Å². The van der Waals surface area contributed by atoms with Crippen LogP contribution in [0.25, 0.3) is 16.7 Å². The summed E-state index contributed by atoms with van der Waals surface area (Å²) in [6, 6.07) is 6.47. The number of hydrogen-bond donors (Lipinski definition) is 2. The Balaban J connectivity index is 1.82. The number of nitrogens with one attached hydrogen (secondary N) is 1. The standard InChI is InChI=1S/C23H15ClF6N6O3/c1-9-10-4-5-15(23(28,29)30)33-13(10)7-11(20(31)37)17(9)34-22(38)14-8-16(39-19(27)18(25)26)35-36(14)21-12(24)3-2-6-32-21/h2-8,18-19H,1H3,(H2,31,37)(H,34,38). The van der Waals surface area contributed by atoms with Crippen LogP contribution < -0.4 is 15.8 Å². The number of halogens is 7. The lowest BCUT2D eigenvalue weighted by molar-refractivity contribution is -0.140. The number of aryl methyl sites for hydroxylation is 1. The Kier molecular flexibility index (Phi) is 7.37. The maximum Gasteiger partial charge on any atom is 0.433 e. The highest BCUT2D eigenvalue weighted by atomic mass is 35.5. The number of rotatable bonds is 7. The summed E-state index contributed by atoms with van der Waals surface area (Å²) in [7, 11) is 0. The van der Waals surface area contributed by atoms with Crippen molar-refractivity contribution in [3.8, 4) is 11.7 Å². The van der Waals surface area contributed by atoms with Gasteiger partial charge < -0.3 is 15.8 Å². The van der Waals surface area contributed by atoms with Crippen molar-refractivity contribution >= 4 is 40.0 Å². The third-order valence-corrected chi connectivity index (χ3v) is 5.63. The Morgan fingerprint density at radius 3 is 2.49 bits per heavy atom. The van der Waals surface area contributed by atoms with E-state index in [1.165, 1.54) is 25.3 Å². The minimum absolute atomic E-state index is 0.0295. The van der Waals surface area contributed by atoms with Gasteiger partial charge in [-0.25, -0.2) is 23.4 Å². The van der Waals surface area contributed by atoms with Gasteiger partial charge in [0.2, 0.25) is 5.88 Å². The van der Waals surface area contributed by atoms with Crippen molar-refractivity contribution in [2.75, 3.05) is 5.32 Å². The highest BCUT2D eigenvalue weighted by Crippen LogP contribution is 2.34. The summed E-state index contributed by atoms with van der Waals surface area (Å²) in [6.07, 6.45) is -10.1. The second kappa shape index (κ2) is 10.4. The van der Waals surface area contributed by atoms with Crippen LogP contribution in [0.5, 0.6) is 5.88 Å². The van der Waals surface area contributed by atoms with Crippen LogP contribution in [0.15, 0.2) is 42.6 Å². The van der Waals surface area contributed by atoms with Crippen molar-refractivity contribution in [1.29, 1.82) is 0 Å². The molecule has 1 atom stereocenters. The maximum absolute atomic E-state index is 13.5. The number of carbonyl (C=O) groups excluding carboxylic acids is 2. The summed E-state index contributed by atoms with van der Waals surface area (Å²) in [4.78, 5) is 33.0. The van der Waals surface area contributed by atoms with Gasteiger partial charge in [0.25, 0.3) is 18.2 Å². The minimum Gasteiger partial charge on any atom is -0.436 e. The van der Waals surface area contributed by atoms with Crippen LogP contribution in [0.4, 0.5) is 32.0 Å². The SMILES string of the molecule is Cc1c(NC(=O)c2cc(OC(F)C(F)F)nn2-c2ncccc2Cl)c(C(N)=O)cc2nc(C(F)(F)F)ccc12. The van der Waals surface area contributed by atoms with E-state index in [0.29, 0.717) is 0 Å². The molecule has 0 radical (unpaired) electrons. The topological polar surface area (TPSA) is 125 Å². The summed E-state index contributed by atoms with van der Waals surface area (Å²) in [5, 5.41) is 6.34. The number of amides is 2. The maximum atomic E-state index is 13.5. The lowest BCUT2D eigenvalue weighted by Crippen LogP contribution is -2.22. The highest BCUT2D eigenvalue weighted by molar-refractivity contribution is 6.32. The van der Waals surface area contributed by atoms with Gasteiger partial charge in [-0.2, -0.15) is 17.6 Å². The van der Waals surface area contributed by atoms with Gasteiger partial charge in [-0.3, -0.25) is 9.59 Å². The van der Waals surface area contributed by atoms with E-state index < -0.39 is 48.0 Å². The molecule has 1 aromatic carbocycles. The number of primary amides is 1. The number of pyridine rings is 2. The molecule has 3 heterocycles. The zero-order chi connectivity index (χ0) is 28.6. The number of anilines is 1. The molecule has 0 aliphatic rings. The van der Waals surface area contributed by atoms with Gasteiger partial charge in [0.15, 0.2) is 5.82 Å². The highest BCUT2D eigenvalue weighted by Gasteiger charge is 2.33. The fourth-order valence-corrected chi connectivity index (χ4v) is 3.78. The fraction of sp³-hybridized carbons (Fsp3) is 0.174. The zero-order valence-corrected chi connectivity index (χ0v) is 20.2. The fourth-order valence-electron chi connectivity index (χ4n) is 3.58. The molecule has 39 heavy (non-hydrogen) atoms. The summed E-state index contributed by atoms with van der Waals surface area (Å²) in [5.74, 6) is -3.00. The Bertz CT molecular complexity index is 1590. The third-order valence-electron chi connectivity index (χ3n) is 5.34. The van der Waals surface area contributed by atoms with Crippen LogP contribution in [0, 0.1) is 6.92 Å². The van der Waals surface area contributed by atoms with Gasteiger partial charge in [-0.1, -0.05) is 17.7 Å². The number of carbonyl (C=O) groups is 2.